The number of halogens is 2. The summed E-state index contributed by atoms with van der Waals surface area (Å²) in [5.41, 5.74) is 15.2. The molecule has 2 aliphatic rings. The molecule has 0 spiro atoms. The summed E-state index contributed by atoms with van der Waals surface area (Å²) < 4.78 is 0. The minimum absolute atomic E-state index is 0. The summed E-state index contributed by atoms with van der Waals surface area (Å²) in [5.74, 6) is 2.44. The Bertz CT molecular complexity index is 808. The molecule has 4 rings (SSSR count). The second-order valence-corrected chi connectivity index (χ2v) is 8.27. The fraction of sp³-hybridized carbons (Fsp3) is 0.474. The fourth-order valence-corrected chi connectivity index (χ4v) is 4.67. The molecule has 1 aliphatic carbocycles. The number of nitrogens with two attached hydrogens (primary N) is 2. The topological polar surface area (TPSA) is 81.1 Å². The van der Waals surface area contributed by atoms with E-state index in [1.54, 1.807) is 6.20 Å². The summed E-state index contributed by atoms with van der Waals surface area (Å²) in [5, 5.41) is 0.698. The Balaban J connectivity index is 0.00000196. The molecule has 4 N–H and O–H groups in total. The Labute approximate surface area is 165 Å². The lowest BCUT2D eigenvalue weighted by Crippen LogP contribution is -2.35. The van der Waals surface area contributed by atoms with Gasteiger partial charge >= 0.3 is 0 Å². The van der Waals surface area contributed by atoms with Crippen molar-refractivity contribution in [3.8, 4) is 11.1 Å². The minimum atomic E-state index is -0.0207. The van der Waals surface area contributed by atoms with Gasteiger partial charge in [-0.05, 0) is 44.1 Å². The molecular formula is C19H25Cl2N5. The molecule has 2 heterocycles. The molecule has 2 fully saturated rings. The minimum Gasteiger partial charge on any atom is -0.383 e. The van der Waals surface area contributed by atoms with Gasteiger partial charge in [0, 0.05) is 36.0 Å². The molecule has 140 valence electrons. The van der Waals surface area contributed by atoms with E-state index in [1.807, 2.05) is 25.1 Å². The van der Waals surface area contributed by atoms with Gasteiger partial charge in [-0.1, -0.05) is 29.8 Å². The van der Waals surface area contributed by atoms with Crippen molar-refractivity contribution in [2.45, 2.75) is 32.2 Å². The Morgan fingerprint density at radius 3 is 2.46 bits per heavy atom. The predicted molar refractivity (Wildman–Crippen MR) is 110 cm³/mol. The maximum absolute atomic E-state index is 6.42. The first-order valence-corrected chi connectivity index (χ1v) is 9.14. The second kappa shape index (κ2) is 6.87. The van der Waals surface area contributed by atoms with Crippen LogP contribution in [0.1, 0.15) is 25.3 Å². The highest BCUT2D eigenvalue weighted by atomic mass is 35.5. The van der Waals surface area contributed by atoms with Crippen LogP contribution in [0.5, 0.6) is 0 Å². The molecule has 1 aromatic carbocycles. The van der Waals surface area contributed by atoms with Crippen LogP contribution in [0, 0.1) is 18.8 Å². The van der Waals surface area contributed by atoms with E-state index in [9.17, 15) is 0 Å². The summed E-state index contributed by atoms with van der Waals surface area (Å²) in [7, 11) is 0. The lowest BCUT2D eigenvalue weighted by atomic mass is 10.00. The van der Waals surface area contributed by atoms with Crippen LogP contribution in [0.15, 0.2) is 24.4 Å². The number of rotatable bonds is 2. The van der Waals surface area contributed by atoms with Crippen molar-refractivity contribution in [2.75, 3.05) is 23.7 Å². The van der Waals surface area contributed by atoms with Crippen molar-refractivity contribution in [1.29, 1.82) is 0 Å². The summed E-state index contributed by atoms with van der Waals surface area (Å²) in [6.45, 7) is 6.05. The number of benzene rings is 1. The zero-order valence-corrected chi connectivity index (χ0v) is 16.6. The van der Waals surface area contributed by atoms with Crippen LogP contribution in [0.2, 0.25) is 5.02 Å². The van der Waals surface area contributed by atoms with Crippen LogP contribution in [0.3, 0.4) is 0 Å². The molecule has 5 nitrogen and oxygen atoms in total. The van der Waals surface area contributed by atoms with E-state index in [0.29, 0.717) is 28.6 Å². The van der Waals surface area contributed by atoms with Crippen molar-refractivity contribution >= 4 is 35.8 Å². The highest BCUT2D eigenvalue weighted by Gasteiger charge is 2.45. The van der Waals surface area contributed by atoms with Gasteiger partial charge in [-0.2, -0.15) is 4.98 Å². The number of nitrogen functional groups attached to an aromatic ring is 1. The third-order valence-electron chi connectivity index (χ3n) is 5.60. The molecule has 1 aromatic heterocycles. The molecule has 0 amide bonds. The smallest absolute Gasteiger partial charge is 0.227 e. The van der Waals surface area contributed by atoms with Crippen LogP contribution in [-0.4, -0.2) is 28.6 Å². The number of aryl methyl sites for hydroxylation is 1. The number of nitrogens with zero attached hydrogens (tertiary/aromatic N) is 3. The molecule has 1 saturated heterocycles. The fourth-order valence-electron chi connectivity index (χ4n) is 4.45. The Morgan fingerprint density at radius 1 is 1.19 bits per heavy atom. The quantitative estimate of drug-likeness (QED) is 0.812. The number of hydrogen-bond acceptors (Lipinski definition) is 5. The summed E-state index contributed by atoms with van der Waals surface area (Å²) in [6.07, 6.45) is 3.93. The van der Waals surface area contributed by atoms with Crippen LogP contribution in [0.25, 0.3) is 11.1 Å². The van der Waals surface area contributed by atoms with E-state index in [2.05, 4.69) is 21.8 Å². The molecule has 0 unspecified atom stereocenters. The maximum atomic E-state index is 6.42. The molecule has 2 aromatic rings. The first kappa shape index (κ1) is 19.2. The number of fused-ring (bicyclic) bond motifs is 1. The highest BCUT2D eigenvalue weighted by Crippen LogP contribution is 2.43. The van der Waals surface area contributed by atoms with Crippen LogP contribution >= 0.6 is 24.0 Å². The number of hydrogen-bond donors (Lipinski definition) is 2. The van der Waals surface area contributed by atoms with E-state index in [4.69, 9.17) is 23.1 Å². The molecular weight excluding hydrogens is 369 g/mol. The Kier molecular flexibility index (Phi) is 5.08. The van der Waals surface area contributed by atoms with E-state index in [-0.39, 0.29) is 17.9 Å². The highest BCUT2D eigenvalue weighted by molar-refractivity contribution is 6.34. The van der Waals surface area contributed by atoms with Gasteiger partial charge < -0.3 is 16.4 Å². The average molecular weight is 394 g/mol. The van der Waals surface area contributed by atoms with Gasteiger partial charge in [0.25, 0.3) is 0 Å². The van der Waals surface area contributed by atoms with Crippen molar-refractivity contribution < 1.29 is 0 Å². The van der Waals surface area contributed by atoms with Gasteiger partial charge in [-0.15, -0.1) is 12.4 Å². The van der Waals surface area contributed by atoms with Crippen molar-refractivity contribution in [1.82, 2.24) is 9.97 Å². The zero-order valence-electron chi connectivity index (χ0n) is 15.1. The monoisotopic (exact) mass is 393 g/mol. The van der Waals surface area contributed by atoms with Crippen molar-refractivity contribution in [2.24, 2.45) is 17.6 Å². The summed E-state index contributed by atoms with van der Waals surface area (Å²) in [6, 6.07) is 5.90. The third-order valence-corrected chi connectivity index (χ3v) is 6.11. The number of anilines is 2. The molecule has 0 bridgehead atoms. The van der Waals surface area contributed by atoms with E-state index < -0.39 is 0 Å². The predicted octanol–water partition coefficient (Wildman–Crippen LogP) is 3.67. The van der Waals surface area contributed by atoms with Crippen LogP contribution in [0.4, 0.5) is 11.8 Å². The van der Waals surface area contributed by atoms with E-state index >= 15 is 0 Å². The first-order valence-electron chi connectivity index (χ1n) is 8.76. The second-order valence-electron chi connectivity index (χ2n) is 7.89. The van der Waals surface area contributed by atoms with Crippen LogP contribution < -0.4 is 16.4 Å². The van der Waals surface area contributed by atoms with Gasteiger partial charge in [0.05, 0.1) is 5.02 Å². The summed E-state index contributed by atoms with van der Waals surface area (Å²) in [4.78, 5) is 11.4. The number of aromatic nitrogens is 2. The molecule has 26 heavy (non-hydrogen) atoms. The van der Waals surface area contributed by atoms with Crippen molar-refractivity contribution in [3.63, 3.8) is 0 Å². The SMILES string of the molecule is Cc1cccc(-c2cnc(N3C[C@@H]4C[C@@](C)(N)C[C@@H]4C3)nc2N)c1Cl.Cl. The first-order chi connectivity index (χ1) is 11.8. The standard InChI is InChI=1S/C19H24ClN5.ClH/c1-11-4-3-5-14(16(11)20)15-8-23-18(24-17(15)21)25-9-12-6-19(2,22)7-13(12)10-25;/h3-5,8,12-13H,6-7,9-10,22H2,1-2H3,(H2,21,23,24);1H/t12-,13+,19+;. The zero-order chi connectivity index (χ0) is 17.8. The molecule has 7 heteroatoms. The molecule has 1 aliphatic heterocycles. The van der Waals surface area contributed by atoms with Gasteiger partial charge in [-0.25, -0.2) is 4.98 Å². The van der Waals surface area contributed by atoms with Gasteiger partial charge in [-0.3, -0.25) is 0 Å². The third kappa shape index (κ3) is 3.36. The Hall–Kier alpha value is -1.56. The van der Waals surface area contributed by atoms with Gasteiger partial charge in [0.2, 0.25) is 5.95 Å². The van der Waals surface area contributed by atoms with Gasteiger partial charge in [0.15, 0.2) is 0 Å². The largest absolute Gasteiger partial charge is 0.383 e. The lowest BCUT2D eigenvalue weighted by molar-refractivity contribution is 0.449. The maximum Gasteiger partial charge on any atom is 0.227 e. The molecule has 0 radical (unpaired) electrons. The van der Waals surface area contributed by atoms with E-state index in [0.717, 1.165) is 42.6 Å². The lowest BCUT2D eigenvalue weighted by Gasteiger charge is -2.23. The van der Waals surface area contributed by atoms with E-state index in [1.165, 1.54) is 0 Å². The molecule has 1 saturated carbocycles. The van der Waals surface area contributed by atoms with Crippen LogP contribution in [-0.2, 0) is 0 Å². The van der Waals surface area contributed by atoms with Crippen molar-refractivity contribution in [3.05, 3.63) is 35.0 Å². The Morgan fingerprint density at radius 2 is 1.85 bits per heavy atom. The molecule has 3 atom stereocenters. The summed E-state index contributed by atoms with van der Waals surface area (Å²) >= 11 is 6.42. The average Bonchev–Trinajstić information content (AvgIpc) is 3.04. The normalized spacial score (nSPS) is 27.3. The van der Waals surface area contributed by atoms with Gasteiger partial charge in [0.1, 0.15) is 5.82 Å².